The van der Waals surface area contributed by atoms with Crippen molar-refractivity contribution in [2.45, 2.75) is 25.7 Å². The monoisotopic (exact) mass is 399 g/mol. The number of carbonyl (C=O) groups is 1. The number of rotatable bonds is 4. The van der Waals surface area contributed by atoms with Crippen molar-refractivity contribution in [3.05, 3.63) is 53.6 Å². The molecule has 0 radical (unpaired) electrons. The molecule has 2 aliphatic heterocycles. The third-order valence-electron chi connectivity index (χ3n) is 5.44. The van der Waals surface area contributed by atoms with Crippen LogP contribution in [0.1, 0.15) is 35.2 Å². The molecule has 148 valence electrons. The Kier molecular flexibility index (Phi) is 5.02. The number of sulfonamides is 1. The first-order chi connectivity index (χ1) is 13.4. The number of hydrogen-bond acceptors (Lipinski definition) is 4. The van der Waals surface area contributed by atoms with Crippen molar-refractivity contribution < 1.29 is 13.2 Å². The molecule has 1 N–H and O–H groups in total. The Bertz CT molecular complexity index is 980. The lowest BCUT2D eigenvalue weighted by molar-refractivity contribution is 0.102. The molecule has 2 heterocycles. The van der Waals surface area contributed by atoms with Gasteiger partial charge in [0.05, 0.1) is 11.9 Å². The van der Waals surface area contributed by atoms with Crippen molar-refractivity contribution in [1.82, 2.24) is 0 Å². The number of hydrogen-bond donors (Lipinski definition) is 1. The minimum Gasteiger partial charge on any atom is -0.372 e. The van der Waals surface area contributed by atoms with E-state index in [0.717, 1.165) is 24.3 Å². The average Bonchev–Trinajstić information content (AvgIpc) is 3.13. The summed E-state index contributed by atoms with van der Waals surface area (Å²) in [6, 6.07) is 13.2. The molecular formula is C21H25N3O3S. The normalized spacial score (nSPS) is 16.8. The average molecular weight is 400 g/mol. The lowest BCUT2D eigenvalue weighted by Crippen LogP contribution is -2.29. The molecule has 0 spiro atoms. The van der Waals surface area contributed by atoms with Gasteiger partial charge in [-0.05, 0) is 73.7 Å². The van der Waals surface area contributed by atoms with Crippen LogP contribution < -0.4 is 14.5 Å². The third-order valence-corrected chi connectivity index (χ3v) is 6.62. The second kappa shape index (κ2) is 7.47. The Morgan fingerprint density at radius 3 is 2.36 bits per heavy atom. The zero-order valence-electron chi connectivity index (χ0n) is 16.0. The van der Waals surface area contributed by atoms with Gasteiger partial charge < -0.3 is 10.2 Å². The van der Waals surface area contributed by atoms with Gasteiger partial charge in [0.25, 0.3) is 5.91 Å². The minimum atomic E-state index is -3.28. The van der Waals surface area contributed by atoms with Crippen LogP contribution in [-0.4, -0.2) is 40.2 Å². The van der Waals surface area contributed by atoms with E-state index in [4.69, 9.17) is 0 Å². The quantitative estimate of drug-likeness (QED) is 0.857. The second-order valence-electron chi connectivity index (χ2n) is 7.48. The number of nitrogens with one attached hydrogen (secondary N) is 1. The Morgan fingerprint density at radius 1 is 0.964 bits per heavy atom. The van der Waals surface area contributed by atoms with Gasteiger partial charge in [-0.3, -0.25) is 9.10 Å². The van der Waals surface area contributed by atoms with Gasteiger partial charge in [0.15, 0.2) is 0 Å². The molecule has 0 bridgehead atoms. The van der Waals surface area contributed by atoms with Crippen LogP contribution in [0.25, 0.3) is 0 Å². The highest BCUT2D eigenvalue weighted by Gasteiger charge is 2.26. The summed E-state index contributed by atoms with van der Waals surface area (Å²) in [6.45, 7) is 2.61. The van der Waals surface area contributed by atoms with E-state index in [2.05, 4.69) is 10.2 Å². The topological polar surface area (TPSA) is 69.7 Å². The summed E-state index contributed by atoms with van der Waals surface area (Å²) in [6.07, 6.45) is 5.58. The van der Waals surface area contributed by atoms with Crippen molar-refractivity contribution in [2.75, 3.05) is 40.4 Å². The van der Waals surface area contributed by atoms with Gasteiger partial charge in [-0.1, -0.05) is 0 Å². The number of fused-ring (bicyclic) bond motifs is 1. The summed E-state index contributed by atoms with van der Waals surface area (Å²) < 4.78 is 25.1. The van der Waals surface area contributed by atoms with Crippen LogP contribution in [0.5, 0.6) is 0 Å². The highest BCUT2D eigenvalue weighted by Crippen LogP contribution is 2.31. The molecule has 1 fully saturated rings. The van der Waals surface area contributed by atoms with Crippen LogP contribution in [0.3, 0.4) is 0 Å². The highest BCUT2D eigenvalue weighted by atomic mass is 32.2. The van der Waals surface area contributed by atoms with Gasteiger partial charge in [0, 0.05) is 36.6 Å². The molecule has 0 aromatic heterocycles. The van der Waals surface area contributed by atoms with Crippen LogP contribution in [0.4, 0.5) is 17.1 Å². The lowest BCUT2D eigenvalue weighted by atomic mass is 10.1. The first-order valence-corrected chi connectivity index (χ1v) is 11.5. The fraction of sp³-hybridized carbons (Fsp3) is 0.381. The highest BCUT2D eigenvalue weighted by molar-refractivity contribution is 7.92. The van der Waals surface area contributed by atoms with Crippen LogP contribution in [0, 0.1) is 0 Å². The Hall–Kier alpha value is -2.54. The number of amides is 1. The molecule has 6 nitrogen and oxygen atoms in total. The number of piperidine rings is 1. The Morgan fingerprint density at radius 2 is 1.68 bits per heavy atom. The number of carbonyl (C=O) groups excluding carboxylic acids is 1. The molecule has 1 saturated heterocycles. The summed E-state index contributed by atoms with van der Waals surface area (Å²) >= 11 is 0. The SMILES string of the molecule is CS(=O)(=O)N1CCc2cc(C(=O)Nc3ccc(N4CCCCC4)cc3)ccc21. The van der Waals surface area contributed by atoms with E-state index in [1.807, 2.05) is 24.3 Å². The van der Waals surface area contributed by atoms with E-state index in [0.29, 0.717) is 24.2 Å². The Balaban J connectivity index is 1.45. The first kappa shape index (κ1) is 18.8. The van der Waals surface area contributed by atoms with Gasteiger partial charge in [-0.2, -0.15) is 0 Å². The maximum absolute atomic E-state index is 12.6. The van der Waals surface area contributed by atoms with Gasteiger partial charge >= 0.3 is 0 Å². The summed E-state index contributed by atoms with van der Waals surface area (Å²) in [4.78, 5) is 15.0. The van der Waals surface area contributed by atoms with E-state index in [1.165, 1.54) is 35.5 Å². The molecule has 0 unspecified atom stereocenters. The van der Waals surface area contributed by atoms with E-state index in [9.17, 15) is 13.2 Å². The van der Waals surface area contributed by atoms with Crippen molar-refractivity contribution in [1.29, 1.82) is 0 Å². The predicted molar refractivity (Wildman–Crippen MR) is 113 cm³/mol. The lowest BCUT2D eigenvalue weighted by Gasteiger charge is -2.28. The van der Waals surface area contributed by atoms with Gasteiger partial charge in [-0.25, -0.2) is 8.42 Å². The number of benzene rings is 2. The third kappa shape index (κ3) is 3.85. The fourth-order valence-electron chi connectivity index (χ4n) is 3.97. The molecule has 2 aliphatic rings. The van der Waals surface area contributed by atoms with Crippen molar-refractivity contribution >= 4 is 33.0 Å². The first-order valence-electron chi connectivity index (χ1n) is 9.69. The molecule has 2 aromatic rings. The fourth-order valence-corrected chi connectivity index (χ4v) is 4.93. The van der Waals surface area contributed by atoms with Crippen molar-refractivity contribution in [3.63, 3.8) is 0 Å². The van der Waals surface area contributed by atoms with Gasteiger partial charge in [-0.15, -0.1) is 0 Å². The zero-order valence-corrected chi connectivity index (χ0v) is 16.8. The summed E-state index contributed by atoms with van der Waals surface area (Å²) in [7, 11) is -3.28. The molecule has 4 rings (SSSR count). The van der Waals surface area contributed by atoms with Gasteiger partial charge in [0.2, 0.25) is 10.0 Å². The van der Waals surface area contributed by atoms with Crippen LogP contribution in [0.15, 0.2) is 42.5 Å². The summed E-state index contributed by atoms with van der Waals surface area (Å²) in [5, 5.41) is 2.93. The maximum atomic E-state index is 12.6. The molecular weight excluding hydrogens is 374 g/mol. The summed E-state index contributed by atoms with van der Waals surface area (Å²) in [5.74, 6) is -0.189. The van der Waals surface area contributed by atoms with Gasteiger partial charge in [0.1, 0.15) is 0 Å². The Labute approximate surface area is 166 Å². The minimum absolute atomic E-state index is 0.189. The van der Waals surface area contributed by atoms with Crippen LogP contribution >= 0.6 is 0 Å². The molecule has 2 aromatic carbocycles. The van der Waals surface area contributed by atoms with E-state index < -0.39 is 10.0 Å². The standard InChI is InChI=1S/C21H25N3O3S/c1-28(26,27)24-14-11-16-15-17(5-10-20(16)24)21(25)22-18-6-8-19(9-7-18)23-12-3-2-4-13-23/h5-10,15H,2-4,11-14H2,1H3,(H,22,25). The van der Waals surface area contributed by atoms with Crippen molar-refractivity contribution in [3.8, 4) is 0 Å². The predicted octanol–water partition coefficient (Wildman–Crippen LogP) is 3.25. The zero-order chi connectivity index (χ0) is 19.7. The molecule has 1 amide bonds. The smallest absolute Gasteiger partial charge is 0.255 e. The molecule has 7 heteroatoms. The molecule has 0 atom stereocenters. The second-order valence-corrected chi connectivity index (χ2v) is 9.38. The van der Waals surface area contributed by atoms with E-state index >= 15 is 0 Å². The van der Waals surface area contributed by atoms with Crippen molar-refractivity contribution in [2.24, 2.45) is 0 Å². The van der Waals surface area contributed by atoms with E-state index in [1.54, 1.807) is 18.2 Å². The number of nitrogens with zero attached hydrogens (tertiary/aromatic N) is 2. The molecule has 0 saturated carbocycles. The summed E-state index contributed by atoms with van der Waals surface area (Å²) in [5.41, 5.74) is 4.04. The maximum Gasteiger partial charge on any atom is 0.255 e. The van der Waals surface area contributed by atoms with E-state index in [-0.39, 0.29) is 5.91 Å². The van der Waals surface area contributed by atoms with Crippen LogP contribution in [0.2, 0.25) is 0 Å². The largest absolute Gasteiger partial charge is 0.372 e. The molecule has 0 aliphatic carbocycles. The molecule has 28 heavy (non-hydrogen) atoms. The number of anilines is 3. The van der Waals surface area contributed by atoms with Crippen LogP contribution in [-0.2, 0) is 16.4 Å².